The van der Waals surface area contributed by atoms with Crippen LogP contribution in [0.1, 0.15) is 18.0 Å². The van der Waals surface area contributed by atoms with Gasteiger partial charge in [0.1, 0.15) is 13.2 Å². The predicted molar refractivity (Wildman–Crippen MR) is 55.0 cm³/mol. The van der Waals surface area contributed by atoms with Crippen molar-refractivity contribution < 1.29 is 13.9 Å². The Kier molecular flexibility index (Phi) is 3.06. The van der Waals surface area contributed by atoms with E-state index in [2.05, 4.69) is 0 Å². The summed E-state index contributed by atoms with van der Waals surface area (Å²) in [6, 6.07) is 5.23. The minimum absolute atomic E-state index is 0.272. The highest BCUT2D eigenvalue weighted by atomic mass is 19.1. The van der Waals surface area contributed by atoms with E-state index in [-0.39, 0.29) is 6.04 Å². The fraction of sp³-hybridized carbons (Fsp3) is 0.455. The molecule has 3 nitrogen and oxygen atoms in total. The van der Waals surface area contributed by atoms with Crippen LogP contribution >= 0.6 is 0 Å². The molecule has 0 saturated heterocycles. The second kappa shape index (κ2) is 4.49. The van der Waals surface area contributed by atoms with E-state index in [9.17, 15) is 4.39 Å². The molecule has 0 saturated carbocycles. The highest BCUT2D eigenvalue weighted by Gasteiger charge is 2.14. The standard InChI is InChI=1S/C11H14FNO2/c12-4-3-9(13)8-1-2-10-11(7-8)15-6-5-14-10/h1-2,7,9H,3-6,13H2/t9-/m0/s1. The van der Waals surface area contributed by atoms with Crippen molar-refractivity contribution in [2.75, 3.05) is 19.9 Å². The lowest BCUT2D eigenvalue weighted by Crippen LogP contribution is -2.17. The van der Waals surface area contributed by atoms with E-state index in [1.54, 1.807) is 0 Å². The maximum absolute atomic E-state index is 12.1. The zero-order chi connectivity index (χ0) is 10.7. The molecule has 4 heteroatoms. The van der Waals surface area contributed by atoms with Crippen LogP contribution in [-0.4, -0.2) is 19.9 Å². The molecule has 15 heavy (non-hydrogen) atoms. The molecule has 0 unspecified atom stereocenters. The van der Waals surface area contributed by atoms with Crippen molar-refractivity contribution in [1.82, 2.24) is 0 Å². The summed E-state index contributed by atoms with van der Waals surface area (Å²) in [4.78, 5) is 0. The molecule has 2 rings (SSSR count). The van der Waals surface area contributed by atoms with E-state index in [1.165, 1.54) is 0 Å². The number of halogens is 1. The molecule has 0 amide bonds. The van der Waals surface area contributed by atoms with E-state index in [0.717, 1.165) is 11.3 Å². The lowest BCUT2D eigenvalue weighted by Gasteiger charge is -2.20. The average molecular weight is 211 g/mol. The summed E-state index contributed by atoms with van der Waals surface area (Å²) in [5.41, 5.74) is 6.69. The van der Waals surface area contributed by atoms with Crippen molar-refractivity contribution in [3.8, 4) is 11.5 Å². The highest BCUT2D eigenvalue weighted by molar-refractivity contribution is 5.44. The number of fused-ring (bicyclic) bond motifs is 1. The van der Waals surface area contributed by atoms with Gasteiger partial charge in [0.25, 0.3) is 0 Å². The topological polar surface area (TPSA) is 44.5 Å². The smallest absolute Gasteiger partial charge is 0.161 e. The Hall–Kier alpha value is -1.29. The first kappa shape index (κ1) is 10.2. The monoisotopic (exact) mass is 211 g/mol. The molecule has 1 heterocycles. The maximum Gasteiger partial charge on any atom is 0.161 e. The average Bonchev–Trinajstić information content (AvgIpc) is 2.29. The Bertz CT molecular complexity index is 343. The van der Waals surface area contributed by atoms with Crippen molar-refractivity contribution in [1.29, 1.82) is 0 Å². The molecule has 0 bridgehead atoms. The van der Waals surface area contributed by atoms with Gasteiger partial charge >= 0.3 is 0 Å². The van der Waals surface area contributed by atoms with E-state index in [0.29, 0.717) is 25.4 Å². The molecular weight excluding hydrogens is 197 g/mol. The number of rotatable bonds is 3. The maximum atomic E-state index is 12.1. The molecule has 1 aromatic rings. The van der Waals surface area contributed by atoms with Gasteiger partial charge in [-0.2, -0.15) is 0 Å². The van der Waals surface area contributed by atoms with Gasteiger partial charge in [-0.3, -0.25) is 4.39 Å². The summed E-state index contributed by atoms with van der Waals surface area (Å²) in [6.07, 6.45) is 0.333. The second-order valence-electron chi connectivity index (χ2n) is 3.49. The van der Waals surface area contributed by atoms with Crippen molar-refractivity contribution >= 4 is 0 Å². The number of ether oxygens (including phenoxy) is 2. The summed E-state index contributed by atoms with van der Waals surface area (Å²) >= 11 is 0. The fourth-order valence-corrected chi connectivity index (χ4v) is 1.57. The van der Waals surface area contributed by atoms with Gasteiger partial charge in [-0.05, 0) is 24.1 Å². The summed E-state index contributed by atoms with van der Waals surface area (Å²) in [5, 5.41) is 0. The molecule has 0 spiro atoms. The SMILES string of the molecule is N[C@@H](CCF)c1ccc2c(c1)OCCO2. The van der Waals surface area contributed by atoms with Crippen LogP contribution in [0.25, 0.3) is 0 Å². The molecule has 0 aliphatic carbocycles. The third-order valence-electron chi connectivity index (χ3n) is 2.41. The van der Waals surface area contributed by atoms with Gasteiger partial charge in [0.05, 0.1) is 6.67 Å². The third kappa shape index (κ3) is 2.21. The number of benzene rings is 1. The Morgan fingerprint density at radius 3 is 2.73 bits per heavy atom. The highest BCUT2D eigenvalue weighted by Crippen LogP contribution is 2.32. The van der Waals surface area contributed by atoms with Crippen LogP contribution in [-0.2, 0) is 0 Å². The van der Waals surface area contributed by atoms with E-state index >= 15 is 0 Å². The van der Waals surface area contributed by atoms with Crippen molar-refractivity contribution in [3.05, 3.63) is 23.8 Å². The first-order valence-electron chi connectivity index (χ1n) is 5.02. The van der Waals surface area contributed by atoms with Crippen LogP contribution in [0, 0.1) is 0 Å². The second-order valence-corrected chi connectivity index (χ2v) is 3.49. The predicted octanol–water partition coefficient (Wildman–Crippen LogP) is 1.82. The zero-order valence-electron chi connectivity index (χ0n) is 8.41. The lowest BCUT2D eigenvalue weighted by atomic mass is 10.0. The van der Waals surface area contributed by atoms with Gasteiger partial charge in [0.15, 0.2) is 11.5 Å². The number of nitrogens with two attached hydrogens (primary N) is 1. The van der Waals surface area contributed by atoms with Crippen LogP contribution in [0.4, 0.5) is 4.39 Å². The van der Waals surface area contributed by atoms with Crippen LogP contribution in [0.5, 0.6) is 11.5 Å². The van der Waals surface area contributed by atoms with E-state index < -0.39 is 6.67 Å². The lowest BCUT2D eigenvalue weighted by molar-refractivity contribution is 0.171. The molecule has 0 fully saturated rings. The number of hydrogen-bond donors (Lipinski definition) is 1. The van der Waals surface area contributed by atoms with Crippen LogP contribution < -0.4 is 15.2 Å². The minimum atomic E-state index is -0.407. The van der Waals surface area contributed by atoms with Gasteiger partial charge in [0, 0.05) is 6.04 Å². The van der Waals surface area contributed by atoms with Gasteiger partial charge in [0.2, 0.25) is 0 Å². The Labute approximate surface area is 88.0 Å². The molecule has 0 aromatic heterocycles. The summed E-state index contributed by atoms with van der Waals surface area (Å²) in [5.74, 6) is 1.44. The van der Waals surface area contributed by atoms with Gasteiger partial charge < -0.3 is 15.2 Å². The largest absolute Gasteiger partial charge is 0.486 e. The van der Waals surface area contributed by atoms with Crippen molar-refractivity contribution in [2.45, 2.75) is 12.5 Å². The number of hydrogen-bond acceptors (Lipinski definition) is 3. The normalized spacial score (nSPS) is 16.1. The summed E-state index contributed by atoms with van der Waals surface area (Å²) < 4.78 is 22.9. The molecule has 1 aliphatic heterocycles. The van der Waals surface area contributed by atoms with E-state index in [4.69, 9.17) is 15.2 Å². The summed E-state index contributed by atoms with van der Waals surface area (Å²) in [6.45, 7) is 0.716. The molecule has 82 valence electrons. The van der Waals surface area contributed by atoms with Crippen LogP contribution in [0.2, 0.25) is 0 Å². The zero-order valence-corrected chi connectivity index (χ0v) is 8.41. The molecular formula is C11H14FNO2. The van der Waals surface area contributed by atoms with Crippen LogP contribution in [0.3, 0.4) is 0 Å². The van der Waals surface area contributed by atoms with Crippen molar-refractivity contribution in [3.63, 3.8) is 0 Å². The van der Waals surface area contributed by atoms with E-state index in [1.807, 2.05) is 18.2 Å². The minimum Gasteiger partial charge on any atom is -0.486 e. The quantitative estimate of drug-likeness (QED) is 0.829. The van der Waals surface area contributed by atoms with Crippen molar-refractivity contribution in [2.24, 2.45) is 5.73 Å². The van der Waals surface area contributed by atoms with Gasteiger partial charge in [-0.1, -0.05) is 6.07 Å². The molecule has 1 aromatic carbocycles. The fourth-order valence-electron chi connectivity index (χ4n) is 1.57. The molecule has 1 atom stereocenters. The summed E-state index contributed by atoms with van der Waals surface area (Å²) in [7, 11) is 0. The first-order valence-corrected chi connectivity index (χ1v) is 5.02. The van der Waals surface area contributed by atoms with Crippen LogP contribution in [0.15, 0.2) is 18.2 Å². The third-order valence-corrected chi connectivity index (χ3v) is 2.41. The molecule has 2 N–H and O–H groups in total. The first-order chi connectivity index (χ1) is 7.31. The molecule has 0 radical (unpaired) electrons. The molecule has 1 aliphatic rings. The Balaban J connectivity index is 2.20. The Morgan fingerprint density at radius 2 is 2.00 bits per heavy atom. The Morgan fingerprint density at radius 1 is 1.27 bits per heavy atom. The van der Waals surface area contributed by atoms with Gasteiger partial charge in [-0.25, -0.2) is 0 Å². The number of alkyl halides is 1. The van der Waals surface area contributed by atoms with Gasteiger partial charge in [-0.15, -0.1) is 0 Å².